The molecule has 55 heavy (non-hydrogen) atoms. The molecule has 4 aliphatic heterocycles. The molecule has 3 amide bonds. The van der Waals surface area contributed by atoms with Gasteiger partial charge >= 0.3 is 12.1 Å². The number of hydrogen-bond donors (Lipinski definition) is 1. The number of carbonyl (C=O) groups is 3. The Balaban J connectivity index is 1.21. The zero-order valence-corrected chi connectivity index (χ0v) is 31.2. The molecule has 2 aromatic carbocycles. The van der Waals surface area contributed by atoms with E-state index in [4.69, 9.17) is 23.9 Å². The molecule has 14 nitrogen and oxygen atoms in total. The number of pyridine rings is 1. The third-order valence-corrected chi connectivity index (χ3v) is 11.6. The first-order valence-electron chi connectivity index (χ1n) is 18.7. The van der Waals surface area contributed by atoms with Crippen LogP contribution < -0.4 is 19.7 Å². The van der Waals surface area contributed by atoms with Gasteiger partial charge in [0.1, 0.15) is 35.2 Å². The van der Waals surface area contributed by atoms with Crippen molar-refractivity contribution in [2.45, 2.75) is 57.7 Å². The van der Waals surface area contributed by atoms with Crippen molar-refractivity contribution in [3.8, 4) is 23.0 Å². The lowest BCUT2D eigenvalue weighted by molar-refractivity contribution is -0.126. The molecule has 1 N–H and O–H groups in total. The SMILES string of the molecule is CCc1c(F)ccc2cc(OCOC)cc(-c3ncc4c(N5CC6C(=O)NC(=O)C6C5)nc(OC[C@]56CCCN5[C@@H](OC(=O)N(C)CC)CC6)nc4c3F)c12. The average Bonchev–Trinajstić information content (AvgIpc) is 3.95. The number of benzene rings is 2. The molecular formula is C39H43F2N7O7. The Morgan fingerprint density at radius 1 is 1.07 bits per heavy atom. The van der Waals surface area contributed by atoms with Gasteiger partial charge in [-0.2, -0.15) is 9.97 Å². The fourth-order valence-corrected chi connectivity index (χ4v) is 8.67. The number of aryl methyl sites for hydroxylation is 1. The second kappa shape index (κ2) is 14.5. The second-order valence-corrected chi connectivity index (χ2v) is 14.7. The molecule has 4 atom stereocenters. The highest BCUT2D eigenvalue weighted by atomic mass is 19.1. The van der Waals surface area contributed by atoms with E-state index in [0.717, 1.165) is 19.4 Å². The van der Waals surface area contributed by atoms with Crippen LogP contribution in [0.3, 0.4) is 0 Å². The van der Waals surface area contributed by atoms with Crippen molar-refractivity contribution in [2.24, 2.45) is 11.8 Å². The van der Waals surface area contributed by atoms with E-state index in [1.165, 1.54) is 24.3 Å². The highest BCUT2D eigenvalue weighted by Gasteiger charge is 2.52. The highest BCUT2D eigenvalue weighted by Crippen LogP contribution is 2.44. The Morgan fingerprint density at radius 3 is 2.58 bits per heavy atom. The van der Waals surface area contributed by atoms with Crippen molar-refractivity contribution >= 4 is 45.4 Å². The number of rotatable bonds is 11. The number of anilines is 1. The molecule has 0 spiro atoms. The van der Waals surface area contributed by atoms with Crippen LogP contribution in [0.2, 0.25) is 0 Å². The molecular weight excluding hydrogens is 716 g/mol. The quantitative estimate of drug-likeness (QED) is 0.166. The summed E-state index contributed by atoms with van der Waals surface area (Å²) in [4.78, 5) is 57.4. The van der Waals surface area contributed by atoms with Crippen LogP contribution in [0, 0.1) is 23.5 Å². The number of imide groups is 1. The van der Waals surface area contributed by atoms with Crippen molar-refractivity contribution in [2.75, 3.05) is 58.6 Å². The standard InChI is InChI=1S/C39H43F2N7O7/c1-5-23-28(40)9-8-21-14-22(54-20-52-4)15-24(30(21)23)32-31(41)33-25(16-42-32)34(47-17-26-27(18-47)36(50)45-35(26)49)44-37(43-33)53-19-39-11-7-13-48(39)29(10-12-39)55-38(51)46(3)6-2/h8-9,14-16,26-27,29H,5-7,10-13,17-20H2,1-4H3,(H,45,49,50)/t26?,27?,29-,39+/m0/s1. The first-order chi connectivity index (χ1) is 26.5. The molecule has 2 aromatic heterocycles. The Hall–Kier alpha value is -5.22. The maximum Gasteiger partial charge on any atom is 0.411 e. The summed E-state index contributed by atoms with van der Waals surface area (Å²) in [5.41, 5.74) is 0.0782. The van der Waals surface area contributed by atoms with Gasteiger partial charge in [-0.3, -0.25) is 24.8 Å². The van der Waals surface area contributed by atoms with Crippen LogP contribution in [0.5, 0.6) is 11.8 Å². The van der Waals surface area contributed by atoms with Crippen molar-refractivity contribution in [3.63, 3.8) is 0 Å². The molecule has 4 aromatic rings. The van der Waals surface area contributed by atoms with Gasteiger partial charge in [0, 0.05) is 58.5 Å². The fraction of sp³-hybridized carbons (Fsp3) is 0.487. The minimum Gasteiger partial charge on any atom is -0.468 e. The van der Waals surface area contributed by atoms with E-state index in [2.05, 4.69) is 20.2 Å². The summed E-state index contributed by atoms with van der Waals surface area (Å²) in [5, 5.41) is 3.77. The lowest BCUT2D eigenvalue weighted by Crippen LogP contribution is -2.48. The summed E-state index contributed by atoms with van der Waals surface area (Å²) in [6.07, 6.45) is 4.02. The molecule has 8 rings (SSSR count). The summed E-state index contributed by atoms with van der Waals surface area (Å²) < 4.78 is 55.6. The molecule has 16 heteroatoms. The van der Waals surface area contributed by atoms with Gasteiger partial charge < -0.3 is 28.7 Å². The third kappa shape index (κ3) is 6.34. The average molecular weight is 760 g/mol. The molecule has 0 saturated carbocycles. The molecule has 0 bridgehead atoms. The smallest absolute Gasteiger partial charge is 0.411 e. The predicted octanol–water partition coefficient (Wildman–Crippen LogP) is 4.80. The minimum atomic E-state index is -0.788. The Kier molecular flexibility index (Phi) is 9.65. The van der Waals surface area contributed by atoms with Crippen LogP contribution >= 0.6 is 0 Å². The minimum absolute atomic E-state index is 0.0616. The number of aromatic nitrogens is 3. The van der Waals surface area contributed by atoms with Crippen LogP contribution in [0.1, 0.15) is 45.1 Å². The number of hydrogen-bond acceptors (Lipinski definition) is 12. The molecule has 0 aliphatic carbocycles. The number of methoxy groups -OCH3 is 1. The Morgan fingerprint density at radius 2 is 1.85 bits per heavy atom. The molecule has 0 radical (unpaired) electrons. The van der Waals surface area contributed by atoms with Crippen molar-refractivity contribution < 1.29 is 42.1 Å². The summed E-state index contributed by atoms with van der Waals surface area (Å²) in [6.45, 7) is 5.40. The van der Waals surface area contributed by atoms with E-state index < -0.39 is 41.3 Å². The number of ether oxygens (including phenoxy) is 4. The first kappa shape index (κ1) is 36.7. The number of nitrogens with one attached hydrogen (secondary N) is 1. The molecule has 4 fully saturated rings. The maximum atomic E-state index is 17.3. The Labute approximate surface area is 316 Å². The van der Waals surface area contributed by atoms with Gasteiger partial charge in [0.2, 0.25) is 11.8 Å². The van der Waals surface area contributed by atoms with E-state index in [1.54, 1.807) is 30.1 Å². The lowest BCUT2D eigenvalue weighted by Gasteiger charge is -2.34. The summed E-state index contributed by atoms with van der Waals surface area (Å²) in [5.74, 6) is -2.45. The van der Waals surface area contributed by atoms with E-state index >= 15 is 8.78 Å². The number of carbonyl (C=O) groups excluding carboxylic acids is 3. The van der Waals surface area contributed by atoms with Gasteiger partial charge in [0.25, 0.3) is 0 Å². The number of nitrogens with zero attached hydrogens (tertiary/aromatic N) is 6. The second-order valence-electron chi connectivity index (χ2n) is 14.7. The monoisotopic (exact) mass is 759 g/mol. The normalized spacial score (nSPS) is 23.4. The van der Waals surface area contributed by atoms with Crippen LogP contribution in [-0.4, -0.2) is 108 Å². The topological polar surface area (TPSA) is 149 Å². The highest BCUT2D eigenvalue weighted by molar-refractivity contribution is 6.07. The largest absolute Gasteiger partial charge is 0.468 e. The number of halogens is 2. The first-order valence-corrected chi connectivity index (χ1v) is 18.7. The molecule has 4 aliphatic rings. The molecule has 6 heterocycles. The Bertz CT molecular complexity index is 2190. The predicted molar refractivity (Wildman–Crippen MR) is 196 cm³/mol. The number of fused-ring (bicyclic) bond motifs is 4. The summed E-state index contributed by atoms with van der Waals surface area (Å²) >= 11 is 0. The van der Waals surface area contributed by atoms with Gasteiger partial charge in [-0.05, 0) is 67.1 Å². The van der Waals surface area contributed by atoms with Crippen LogP contribution in [0.25, 0.3) is 32.9 Å². The third-order valence-electron chi connectivity index (χ3n) is 11.6. The van der Waals surface area contributed by atoms with Crippen LogP contribution in [-0.2, 0) is 25.5 Å². The van der Waals surface area contributed by atoms with Crippen LogP contribution in [0.15, 0.2) is 30.5 Å². The molecule has 290 valence electrons. The van der Waals surface area contributed by atoms with E-state index in [-0.39, 0.29) is 66.7 Å². The van der Waals surface area contributed by atoms with E-state index in [9.17, 15) is 14.4 Å². The van der Waals surface area contributed by atoms with Crippen molar-refractivity contribution in [1.29, 1.82) is 0 Å². The zero-order valence-electron chi connectivity index (χ0n) is 31.2. The van der Waals surface area contributed by atoms with Gasteiger partial charge in [-0.1, -0.05) is 13.0 Å². The fourth-order valence-electron chi connectivity index (χ4n) is 8.67. The van der Waals surface area contributed by atoms with Crippen LogP contribution in [0.4, 0.5) is 19.4 Å². The zero-order chi connectivity index (χ0) is 38.6. The van der Waals surface area contributed by atoms with E-state index in [0.29, 0.717) is 53.5 Å². The van der Waals surface area contributed by atoms with Gasteiger partial charge in [0.05, 0.1) is 22.8 Å². The number of amides is 3. The lowest BCUT2D eigenvalue weighted by atomic mass is 9.94. The van der Waals surface area contributed by atoms with Crippen molar-refractivity contribution in [1.82, 2.24) is 30.1 Å². The van der Waals surface area contributed by atoms with Crippen molar-refractivity contribution in [3.05, 3.63) is 47.7 Å². The van der Waals surface area contributed by atoms with E-state index in [1.807, 2.05) is 13.8 Å². The van der Waals surface area contributed by atoms with Gasteiger partial charge in [-0.15, -0.1) is 0 Å². The summed E-state index contributed by atoms with van der Waals surface area (Å²) in [7, 11) is 3.18. The van der Waals surface area contributed by atoms with Gasteiger partial charge in [0.15, 0.2) is 18.8 Å². The summed E-state index contributed by atoms with van der Waals surface area (Å²) in [6, 6.07) is 6.24. The van der Waals surface area contributed by atoms with Gasteiger partial charge in [-0.25, -0.2) is 13.6 Å². The molecule has 4 saturated heterocycles. The maximum absolute atomic E-state index is 17.3. The molecule has 2 unspecified atom stereocenters.